The third-order valence-electron chi connectivity index (χ3n) is 6.70. The first-order chi connectivity index (χ1) is 20.1. The maximum Gasteiger partial charge on any atom is 0.410 e. The number of aryl methyl sites for hydroxylation is 1. The number of amides is 1. The van der Waals surface area contributed by atoms with Crippen LogP contribution in [0.2, 0.25) is 0 Å². The number of carbonyl (C=O) groups is 2. The molecule has 0 saturated carbocycles. The molecule has 4 rings (SSSR count). The second kappa shape index (κ2) is 13.1. The van der Waals surface area contributed by atoms with Crippen LogP contribution in [0.15, 0.2) is 46.7 Å². The van der Waals surface area contributed by atoms with Crippen LogP contribution in [0, 0.1) is 18.3 Å². The number of hydrogen-bond donors (Lipinski definition) is 1. The number of benzene rings is 2. The summed E-state index contributed by atoms with van der Waals surface area (Å²) in [7, 11) is 1.30. The van der Waals surface area contributed by atoms with Crippen molar-refractivity contribution in [3.63, 3.8) is 0 Å². The fraction of sp³-hybridized carbons (Fsp3) is 0.400. The molecule has 1 atom stereocenters. The molecule has 0 spiro atoms. The van der Waals surface area contributed by atoms with Crippen molar-refractivity contribution in [3.8, 4) is 6.07 Å². The number of rotatable bonds is 7. The molecule has 2 aromatic carbocycles. The fourth-order valence-electron chi connectivity index (χ4n) is 4.82. The van der Waals surface area contributed by atoms with Gasteiger partial charge in [-0.3, -0.25) is 5.43 Å². The van der Waals surface area contributed by atoms with Gasteiger partial charge >= 0.3 is 12.1 Å². The minimum atomic E-state index is -0.667. The molecule has 0 aliphatic carbocycles. The van der Waals surface area contributed by atoms with Crippen molar-refractivity contribution in [2.75, 3.05) is 43.3 Å². The highest BCUT2D eigenvalue weighted by atomic mass is 32.2. The molecule has 1 saturated heterocycles. The summed E-state index contributed by atoms with van der Waals surface area (Å²) in [6.45, 7) is 8.45. The third-order valence-corrected chi connectivity index (χ3v) is 7.24. The molecule has 220 valence electrons. The Labute approximate surface area is 249 Å². The van der Waals surface area contributed by atoms with Gasteiger partial charge in [-0.25, -0.2) is 19.6 Å². The van der Waals surface area contributed by atoms with Gasteiger partial charge in [-0.1, -0.05) is 42.1 Å². The molecule has 1 N–H and O–H groups in total. The van der Waals surface area contributed by atoms with E-state index in [0.717, 1.165) is 22.0 Å². The number of aromatic nitrogens is 2. The standard InChI is InChI=1S/C30H35N7O4S/c1-19-9-7-10-20-11-8-12-23(24(19)20)35-32-17-22-25(27(38)40-5)33-28(42-6)34-26(22)36-15-16-37(21(18-36)13-14-31)29(39)41-30(2,3)4/h7-12,17,21,35H,13,15-16,18H2,1-6H3/b32-17+. The number of esters is 1. The van der Waals surface area contributed by atoms with E-state index in [1.807, 2.05) is 54.5 Å². The Bertz CT molecular complexity index is 1540. The number of carbonyl (C=O) groups excluding carboxylic acids is 2. The van der Waals surface area contributed by atoms with Crippen molar-refractivity contribution < 1.29 is 19.1 Å². The van der Waals surface area contributed by atoms with Crippen LogP contribution in [0.5, 0.6) is 0 Å². The number of hydrazone groups is 1. The Kier molecular flexibility index (Phi) is 9.52. The third kappa shape index (κ3) is 6.91. The summed E-state index contributed by atoms with van der Waals surface area (Å²) < 4.78 is 10.7. The first kappa shape index (κ1) is 30.6. The maximum atomic E-state index is 12.9. The SMILES string of the molecule is COC(=O)c1nc(SC)nc(N2CCN(C(=O)OC(C)(C)C)C(CC#N)C2)c1/C=N/Nc1cccc2cccc(C)c12. The van der Waals surface area contributed by atoms with Crippen LogP contribution < -0.4 is 10.3 Å². The molecule has 11 nitrogen and oxygen atoms in total. The minimum Gasteiger partial charge on any atom is -0.464 e. The largest absolute Gasteiger partial charge is 0.464 e. The molecule has 12 heteroatoms. The molecule has 1 unspecified atom stereocenters. The van der Waals surface area contributed by atoms with Gasteiger partial charge in [0.15, 0.2) is 10.9 Å². The second-order valence-corrected chi connectivity index (χ2v) is 11.5. The monoisotopic (exact) mass is 589 g/mol. The number of nitrogens with one attached hydrogen (secondary N) is 1. The average molecular weight is 590 g/mol. The summed E-state index contributed by atoms with van der Waals surface area (Å²) in [6.07, 6.45) is 2.96. The van der Waals surface area contributed by atoms with E-state index in [9.17, 15) is 14.9 Å². The van der Waals surface area contributed by atoms with Crippen LogP contribution in [0.25, 0.3) is 10.8 Å². The fourth-order valence-corrected chi connectivity index (χ4v) is 5.18. The highest BCUT2D eigenvalue weighted by Crippen LogP contribution is 2.29. The Morgan fingerprint density at radius 2 is 1.95 bits per heavy atom. The van der Waals surface area contributed by atoms with E-state index in [-0.39, 0.29) is 12.1 Å². The smallest absolute Gasteiger partial charge is 0.410 e. The molecule has 2 heterocycles. The quantitative estimate of drug-likeness (QED) is 0.128. The molecule has 1 aliphatic rings. The van der Waals surface area contributed by atoms with Gasteiger partial charge in [-0.15, -0.1) is 0 Å². The molecule has 3 aromatic rings. The number of nitrogens with zero attached hydrogens (tertiary/aromatic N) is 6. The highest BCUT2D eigenvalue weighted by molar-refractivity contribution is 7.98. The number of thioether (sulfide) groups is 1. The van der Waals surface area contributed by atoms with E-state index >= 15 is 0 Å². The van der Waals surface area contributed by atoms with Crippen molar-refractivity contribution in [1.29, 1.82) is 5.26 Å². The van der Waals surface area contributed by atoms with Crippen molar-refractivity contribution in [3.05, 3.63) is 53.2 Å². The van der Waals surface area contributed by atoms with Crippen LogP contribution in [-0.2, 0) is 9.47 Å². The summed E-state index contributed by atoms with van der Waals surface area (Å²) in [4.78, 5) is 38.5. The highest BCUT2D eigenvalue weighted by Gasteiger charge is 2.35. The van der Waals surface area contributed by atoms with Gasteiger partial charge in [0.05, 0.1) is 43.1 Å². The van der Waals surface area contributed by atoms with Gasteiger partial charge < -0.3 is 19.3 Å². The molecule has 0 radical (unpaired) electrons. The molecule has 1 aromatic heterocycles. The molecular formula is C30H35N7O4S. The summed E-state index contributed by atoms with van der Waals surface area (Å²) in [5.41, 5.74) is 4.79. The number of ether oxygens (including phenoxy) is 2. The zero-order valence-electron chi connectivity index (χ0n) is 24.7. The molecule has 0 bridgehead atoms. The first-order valence-corrected chi connectivity index (χ1v) is 14.7. The lowest BCUT2D eigenvalue weighted by Crippen LogP contribution is -2.56. The molecule has 1 fully saturated rings. The summed E-state index contributed by atoms with van der Waals surface area (Å²) in [6, 6.07) is 13.7. The van der Waals surface area contributed by atoms with Crippen molar-refractivity contribution >= 4 is 52.3 Å². The molecule has 1 aliphatic heterocycles. The van der Waals surface area contributed by atoms with Crippen LogP contribution >= 0.6 is 11.8 Å². The van der Waals surface area contributed by atoms with Gasteiger partial charge in [0, 0.05) is 25.0 Å². The minimum absolute atomic E-state index is 0.0675. The Morgan fingerprint density at radius 1 is 1.21 bits per heavy atom. The normalized spacial score (nSPS) is 15.5. The summed E-state index contributed by atoms with van der Waals surface area (Å²) >= 11 is 1.29. The lowest BCUT2D eigenvalue weighted by Gasteiger charge is -2.41. The van der Waals surface area contributed by atoms with Crippen molar-refractivity contribution in [1.82, 2.24) is 14.9 Å². The number of methoxy groups -OCH3 is 1. The molecule has 42 heavy (non-hydrogen) atoms. The van der Waals surface area contributed by atoms with Crippen LogP contribution in [0.3, 0.4) is 0 Å². The Hall–Kier alpha value is -4.37. The van der Waals surface area contributed by atoms with Gasteiger partial charge in [-0.05, 0) is 51.0 Å². The van der Waals surface area contributed by atoms with E-state index < -0.39 is 23.7 Å². The van der Waals surface area contributed by atoms with Crippen LogP contribution in [-0.4, -0.2) is 77.8 Å². The first-order valence-electron chi connectivity index (χ1n) is 13.5. The van der Waals surface area contributed by atoms with E-state index in [2.05, 4.69) is 21.6 Å². The number of nitriles is 1. The van der Waals surface area contributed by atoms with Crippen LogP contribution in [0.1, 0.15) is 48.8 Å². The lowest BCUT2D eigenvalue weighted by atomic mass is 10.0. The van der Waals surface area contributed by atoms with E-state index in [1.54, 1.807) is 25.7 Å². The summed E-state index contributed by atoms with van der Waals surface area (Å²) in [5, 5.41) is 16.5. The van der Waals surface area contributed by atoms with E-state index in [1.165, 1.54) is 25.1 Å². The van der Waals surface area contributed by atoms with Gasteiger partial charge in [-0.2, -0.15) is 10.4 Å². The van der Waals surface area contributed by atoms with Gasteiger partial charge in [0.2, 0.25) is 0 Å². The number of piperazine rings is 1. The van der Waals surface area contributed by atoms with Gasteiger partial charge in [0.25, 0.3) is 0 Å². The maximum absolute atomic E-state index is 12.9. The topological polar surface area (TPSA) is 133 Å². The molecule has 1 amide bonds. The number of fused-ring (bicyclic) bond motifs is 1. The van der Waals surface area contributed by atoms with Gasteiger partial charge in [0.1, 0.15) is 11.4 Å². The van der Waals surface area contributed by atoms with Crippen LogP contribution in [0.4, 0.5) is 16.3 Å². The zero-order chi connectivity index (χ0) is 30.4. The predicted octanol–water partition coefficient (Wildman–Crippen LogP) is 5.23. The van der Waals surface area contributed by atoms with E-state index in [0.29, 0.717) is 36.2 Å². The van der Waals surface area contributed by atoms with Crippen molar-refractivity contribution in [2.24, 2.45) is 5.10 Å². The predicted molar refractivity (Wildman–Crippen MR) is 164 cm³/mol. The zero-order valence-corrected chi connectivity index (χ0v) is 25.5. The Balaban J connectivity index is 1.72. The van der Waals surface area contributed by atoms with Crippen molar-refractivity contribution in [2.45, 2.75) is 50.9 Å². The number of anilines is 2. The number of hydrogen-bond acceptors (Lipinski definition) is 11. The van der Waals surface area contributed by atoms with E-state index in [4.69, 9.17) is 14.5 Å². The second-order valence-electron chi connectivity index (χ2n) is 10.8. The average Bonchev–Trinajstić information content (AvgIpc) is 2.96. The summed E-state index contributed by atoms with van der Waals surface area (Å²) in [5.74, 6) is -0.168. The Morgan fingerprint density at radius 3 is 2.62 bits per heavy atom. The lowest BCUT2D eigenvalue weighted by molar-refractivity contribution is 0.0144. The molecular weight excluding hydrogens is 554 g/mol.